The predicted octanol–water partition coefficient (Wildman–Crippen LogP) is 2.02. The van der Waals surface area contributed by atoms with Gasteiger partial charge in [0.1, 0.15) is 0 Å². The number of hydrogen-bond acceptors (Lipinski definition) is 3. The molecule has 0 aliphatic carbocycles. The Morgan fingerprint density at radius 2 is 2.22 bits per heavy atom. The van der Waals surface area contributed by atoms with Crippen LogP contribution in [0.1, 0.15) is 19.4 Å². The van der Waals surface area contributed by atoms with Gasteiger partial charge in [-0.2, -0.15) is 0 Å². The summed E-state index contributed by atoms with van der Waals surface area (Å²) in [5, 5.41) is 6.08. The fourth-order valence-corrected chi connectivity index (χ4v) is 1.62. The smallest absolute Gasteiger partial charge is 0.228 e. The summed E-state index contributed by atoms with van der Waals surface area (Å²) < 4.78 is 5.07. The predicted molar refractivity (Wildman–Crippen MR) is 73.5 cm³/mol. The highest BCUT2D eigenvalue weighted by atomic mass is 16.5. The third-order valence-electron chi connectivity index (χ3n) is 2.65. The number of methoxy groups -OCH3 is 1. The molecular weight excluding hydrogens is 228 g/mol. The van der Waals surface area contributed by atoms with E-state index in [1.165, 1.54) is 0 Å². The van der Waals surface area contributed by atoms with E-state index < -0.39 is 0 Å². The molecule has 0 saturated heterocycles. The Morgan fingerprint density at radius 3 is 2.89 bits per heavy atom. The lowest BCUT2D eigenvalue weighted by molar-refractivity contribution is -0.119. The van der Waals surface area contributed by atoms with Crippen molar-refractivity contribution < 1.29 is 9.53 Å². The maximum absolute atomic E-state index is 11.9. The zero-order valence-corrected chi connectivity index (χ0v) is 11.3. The molecule has 2 N–H and O–H groups in total. The Kier molecular flexibility index (Phi) is 6.39. The molecule has 0 aliphatic heterocycles. The summed E-state index contributed by atoms with van der Waals surface area (Å²) in [6.07, 6.45) is 0. The highest BCUT2D eigenvalue weighted by Gasteiger charge is 2.12. The molecule has 1 aromatic carbocycles. The summed E-state index contributed by atoms with van der Waals surface area (Å²) in [6.45, 7) is 6.06. The molecule has 1 atom stereocenters. The minimum atomic E-state index is -0.0453. The van der Waals surface area contributed by atoms with Crippen LogP contribution in [0.25, 0.3) is 0 Å². The number of anilines is 1. The molecule has 0 fully saturated rings. The second-order valence-corrected chi connectivity index (χ2v) is 4.33. The number of nitrogens with one attached hydrogen (secondary N) is 2. The standard InChI is InChI=1S/C14H22N2O2/c1-4-15-9-11(2)14(17)16-13-7-5-6-12(8-13)10-18-3/h5-8,11,15H,4,9-10H2,1-3H3,(H,16,17). The molecule has 1 aromatic rings. The van der Waals surface area contributed by atoms with Crippen molar-refractivity contribution in [2.45, 2.75) is 20.5 Å². The summed E-state index contributed by atoms with van der Waals surface area (Å²) in [7, 11) is 1.66. The number of ether oxygens (including phenoxy) is 1. The lowest BCUT2D eigenvalue weighted by Gasteiger charge is -2.13. The van der Waals surface area contributed by atoms with Gasteiger partial charge in [-0.3, -0.25) is 4.79 Å². The summed E-state index contributed by atoms with van der Waals surface area (Å²) in [5.41, 5.74) is 1.87. The van der Waals surface area contributed by atoms with Gasteiger partial charge in [0.15, 0.2) is 0 Å². The van der Waals surface area contributed by atoms with E-state index >= 15 is 0 Å². The van der Waals surface area contributed by atoms with Crippen molar-refractivity contribution in [2.75, 3.05) is 25.5 Å². The van der Waals surface area contributed by atoms with Crippen LogP contribution in [-0.4, -0.2) is 26.1 Å². The first-order chi connectivity index (χ1) is 8.67. The Labute approximate surface area is 109 Å². The van der Waals surface area contributed by atoms with Crippen molar-refractivity contribution >= 4 is 11.6 Å². The van der Waals surface area contributed by atoms with Gasteiger partial charge in [0.2, 0.25) is 5.91 Å². The van der Waals surface area contributed by atoms with E-state index in [9.17, 15) is 4.79 Å². The summed E-state index contributed by atoms with van der Waals surface area (Å²) in [4.78, 5) is 11.9. The molecule has 0 spiro atoms. The van der Waals surface area contributed by atoms with E-state index in [0.29, 0.717) is 13.2 Å². The van der Waals surface area contributed by atoms with Gasteiger partial charge < -0.3 is 15.4 Å². The molecule has 0 bridgehead atoms. The van der Waals surface area contributed by atoms with Crippen LogP contribution in [0.2, 0.25) is 0 Å². The molecule has 0 heterocycles. The van der Waals surface area contributed by atoms with Crippen molar-refractivity contribution in [1.82, 2.24) is 5.32 Å². The van der Waals surface area contributed by atoms with Crippen molar-refractivity contribution in [2.24, 2.45) is 5.92 Å². The molecule has 0 saturated carbocycles. The largest absolute Gasteiger partial charge is 0.380 e. The van der Waals surface area contributed by atoms with Crippen LogP contribution in [-0.2, 0) is 16.1 Å². The van der Waals surface area contributed by atoms with Gasteiger partial charge in [-0.15, -0.1) is 0 Å². The maximum Gasteiger partial charge on any atom is 0.228 e. The van der Waals surface area contributed by atoms with Crippen molar-refractivity contribution in [3.05, 3.63) is 29.8 Å². The molecule has 100 valence electrons. The summed E-state index contributed by atoms with van der Waals surface area (Å²) in [6, 6.07) is 7.71. The van der Waals surface area contributed by atoms with Crippen LogP contribution in [0, 0.1) is 5.92 Å². The number of rotatable bonds is 7. The molecule has 1 amide bonds. The quantitative estimate of drug-likeness (QED) is 0.778. The van der Waals surface area contributed by atoms with Crippen molar-refractivity contribution in [3.63, 3.8) is 0 Å². The van der Waals surface area contributed by atoms with Gasteiger partial charge >= 0.3 is 0 Å². The van der Waals surface area contributed by atoms with Crippen LogP contribution in [0.4, 0.5) is 5.69 Å². The average Bonchev–Trinajstić information content (AvgIpc) is 2.36. The summed E-state index contributed by atoms with van der Waals surface area (Å²) in [5.74, 6) is -0.0125. The SMILES string of the molecule is CCNCC(C)C(=O)Nc1cccc(COC)c1. The Hall–Kier alpha value is -1.39. The topological polar surface area (TPSA) is 50.4 Å². The molecule has 4 heteroatoms. The molecule has 1 unspecified atom stereocenters. The van der Waals surface area contributed by atoms with Crippen LogP contribution < -0.4 is 10.6 Å². The van der Waals surface area contributed by atoms with Crippen LogP contribution in [0.15, 0.2) is 24.3 Å². The van der Waals surface area contributed by atoms with E-state index in [2.05, 4.69) is 10.6 Å². The van der Waals surface area contributed by atoms with E-state index in [1.54, 1.807) is 7.11 Å². The highest BCUT2D eigenvalue weighted by Crippen LogP contribution is 2.12. The first-order valence-electron chi connectivity index (χ1n) is 6.26. The molecule has 1 rings (SSSR count). The second kappa shape index (κ2) is 7.84. The first kappa shape index (κ1) is 14.7. The Morgan fingerprint density at radius 1 is 1.44 bits per heavy atom. The minimum absolute atomic E-state index is 0.0329. The van der Waals surface area contributed by atoms with E-state index in [1.807, 2.05) is 38.1 Å². The zero-order valence-electron chi connectivity index (χ0n) is 11.3. The van der Waals surface area contributed by atoms with Gasteiger partial charge in [-0.1, -0.05) is 26.0 Å². The second-order valence-electron chi connectivity index (χ2n) is 4.33. The molecule has 18 heavy (non-hydrogen) atoms. The maximum atomic E-state index is 11.9. The Bertz CT molecular complexity index is 380. The molecular formula is C14H22N2O2. The molecule has 4 nitrogen and oxygen atoms in total. The van der Waals surface area contributed by atoms with E-state index in [0.717, 1.165) is 17.8 Å². The van der Waals surface area contributed by atoms with Gasteiger partial charge in [0.05, 0.1) is 6.61 Å². The molecule has 0 aliphatic rings. The fraction of sp³-hybridized carbons (Fsp3) is 0.500. The monoisotopic (exact) mass is 250 g/mol. The lowest BCUT2D eigenvalue weighted by Crippen LogP contribution is -2.30. The summed E-state index contributed by atoms with van der Waals surface area (Å²) >= 11 is 0. The average molecular weight is 250 g/mol. The highest BCUT2D eigenvalue weighted by molar-refractivity contribution is 5.92. The number of benzene rings is 1. The molecule has 0 aromatic heterocycles. The van der Waals surface area contributed by atoms with Gasteiger partial charge in [-0.05, 0) is 24.2 Å². The van der Waals surface area contributed by atoms with Crippen molar-refractivity contribution in [3.8, 4) is 0 Å². The van der Waals surface area contributed by atoms with Crippen LogP contribution >= 0.6 is 0 Å². The normalized spacial score (nSPS) is 12.2. The van der Waals surface area contributed by atoms with Gasteiger partial charge in [0.25, 0.3) is 0 Å². The van der Waals surface area contributed by atoms with Crippen LogP contribution in [0.3, 0.4) is 0 Å². The zero-order chi connectivity index (χ0) is 13.4. The minimum Gasteiger partial charge on any atom is -0.380 e. The van der Waals surface area contributed by atoms with E-state index in [4.69, 9.17) is 4.74 Å². The van der Waals surface area contributed by atoms with Gasteiger partial charge in [0, 0.05) is 25.3 Å². The lowest BCUT2D eigenvalue weighted by atomic mass is 10.1. The van der Waals surface area contributed by atoms with E-state index in [-0.39, 0.29) is 11.8 Å². The van der Waals surface area contributed by atoms with Gasteiger partial charge in [-0.25, -0.2) is 0 Å². The number of hydrogen-bond donors (Lipinski definition) is 2. The molecule has 0 radical (unpaired) electrons. The van der Waals surface area contributed by atoms with Crippen LogP contribution in [0.5, 0.6) is 0 Å². The number of amides is 1. The first-order valence-corrected chi connectivity index (χ1v) is 6.26. The third kappa shape index (κ3) is 4.85. The number of carbonyl (C=O) groups excluding carboxylic acids is 1. The third-order valence-corrected chi connectivity index (χ3v) is 2.65. The number of carbonyl (C=O) groups is 1. The fourth-order valence-electron chi connectivity index (χ4n) is 1.62. The van der Waals surface area contributed by atoms with Crippen molar-refractivity contribution in [1.29, 1.82) is 0 Å². The Balaban J connectivity index is 2.55.